The van der Waals surface area contributed by atoms with Gasteiger partial charge in [-0.15, -0.1) is 10.2 Å². The highest BCUT2D eigenvalue weighted by Gasteiger charge is 2.07. The van der Waals surface area contributed by atoms with Crippen molar-refractivity contribution in [2.24, 2.45) is 5.73 Å². The van der Waals surface area contributed by atoms with Crippen LogP contribution in [0.4, 0.5) is 0 Å². The average Bonchev–Trinajstić information content (AvgIpc) is 2.83. The lowest BCUT2D eigenvalue weighted by Crippen LogP contribution is -1.97. The Labute approximate surface area is 123 Å². The molecule has 6 heteroatoms. The highest BCUT2D eigenvalue weighted by atomic mass is 79.9. The molecule has 2 aromatic heterocycles. The van der Waals surface area contributed by atoms with Crippen LogP contribution in [0, 0.1) is 0 Å². The Morgan fingerprint density at radius 2 is 2.11 bits per heavy atom. The Kier molecular flexibility index (Phi) is 3.54. The largest absolute Gasteiger partial charge is 0.326 e. The molecule has 0 aliphatic carbocycles. The summed E-state index contributed by atoms with van der Waals surface area (Å²) < 4.78 is 2.99. The zero-order chi connectivity index (χ0) is 13.2. The number of halogens is 1. The van der Waals surface area contributed by atoms with Crippen LogP contribution < -0.4 is 5.73 Å². The van der Waals surface area contributed by atoms with E-state index in [0.717, 1.165) is 25.7 Å². The molecule has 0 fully saturated rings. The first-order valence-corrected chi connectivity index (χ1v) is 7.35. The average molecular weight is 335 g/mol. The molecule has 0 bridgehead atoms. The number of rotatable bonds is 3. The van der Waals surface area contributed by atoms with Gasteiger partial charge in [-0.3, -0.25) is 4.40 Å². The van der Waals surface area contributed by atoms with Gasteiger partial charge in [0, 0.05) is 22.1 Å². The van der Waals surface area contributed by atoms with Crippen LogP contribution in [-0.4, -0.2) is 14.6 Å². The molecule has 2 N–H and O–H groups in total. The fraction of sp³-hybridized carbons (Fsp3) is 0.0769. The minimum absolute atomic E-state index is 0.527. The number of nitrogens with zero attached hydrogens (tertiary/aromatic N) is 3. The standard InChI is InChI=1S/C13H11BrN4S/c14-11-7-10(5-4-9(11)8-15)19-13-17-16-12-3-1-2-6-18(12)13/h1-7H,8,15H2. The Morgan fingerprint density at radius 1 is 1.21 bits per heavy atom. The minimum atomic E-state index is 0.527. The van der Waals surface area contributed by atoms with E-state index >= 15 is 0 Å². The van der Waals surface area contributed by atoms with Crippen LogP contribution >= 0.6 is 27.7 Å². The number of hydrogen-bond donors (Lipinski definition) is 1. The summed E-state index contributed by atoms with van der Waals surface area (Å²) in [5.74, 6) is 0. The number of benzene rings is 1. The molecule has 0 radical (unpaired) electrons. The summed E-state index contributed by atoms with van der Waals surface area (Å²) in [6, 6.07) is 12.0. The molecule has 0 atom stereocenters. The predicted octanol–water partition coefficient (Wildman–Crippen LogP) is 3.10. The zero-order valence-corrected chi connectivity index (χ0v) is 12.4. The minimum Gasteiger partial charge on any atom is -0.326 e. The fourth-order valence-electron chi connectivity index (χ4n) is 1.75. The van der Waals surface area contributed by atoms with Crippen LogP contribution in [0.2, 0.25) is 0 Å². The monoisotopic (exact) mass is 334 g/mol. The van der Waals surface area contributed by atoms with Crippen molar-refractivity contribution >= 4 is 33.3 Å². The molecule has 2 heterocycles. The van der Waals surface area contributed by atoms with Gasteiger partial charge in [-0.2, -0.15) is 0 Å². The first-order valence-electron chi connectivity index (χ1n) is 5.74. The van der Waals surface area contributed by atoms with Crippen LogP contribution in [0.25, 0.3) is 5.65 Å². The molecule has 0 spiro atoms. The summed E-state index contributed by atoms with van der Waals surface area (Å²) in [5.41, 5.74) is 7.59. The fourth-order valence-corrected chi connectivity index (χ4v) is 3.30. The number of pyridine rings is 1. The van der Waals surface area contributed by atoms with Gasteiger partial charge in [0.05, 0.1) is 0 Å². The number of hydrogen-bond acceptors (Lipinski definition) is 4. The number of aromatic nitrogens is 3. The lowest BCUT2D eigenvalue weighted by Gasteiger charge is -2.04. The zero-order valence-electron chi connectivity index (χ0n) is 9.95. The lowest BCUT2D eigenvalue weighted by atomic mass is 10.2. The molecular weight excluding hydrogens is 324 g/mol. The van der Waals surface area contributed by atoms with Crippen molar-refractivity contribution < 1.29 is 0 Å². The molecule has 4 nitrogen and oxygen atoms in total. The van der Waals surface area contributed by atoms with E-state index in [2.05, 4.69) is 32.2 Å². The summed E-state index contributed by atoms with van der Waals surface area (Å²) in [6.07, 6.45) is 1.96. The maximum Gasteiger partial charge on any atom is 0.200 e. The van der Waals surface area contributed by atoms with E-state index in [4.69, 9.17) is 5.73 Å². The van der Waals surface area contributed by atoms with Crippen molar-refractivity contribution in [1.29, 1.82) is 0 Å². The van der Waals surface area contributed by atoms with Crippen molar-refractivity contribution in [2.75, 3.05) is 0 Å². The summed E-state index contributed by atoms with van der Waals surface area (Å²) in [4.78, 5) is 1.10. The number of nitrogens with two attached hydrogens (primary N) is 1. The normalized spacial score (nSPS) is 11.1. The summed E-state index contributed by atoms with van der Waals surface area (Å²) >= 11 is 5.10. The Balaban J connectivity index is 1.95. The molecule has 96 valence electrons. The third kappa shape index (κ3) is 2.51. The molecule has 1 aromatic carbocycles. The summed E-state index contributed by atoms with van der Waals surface area (Å²) in [7, 11) is 0. The van der Waals surface area contributed by atoms with E-state index in [9.17, 15) is 0 Å². The van der Waals surface area contributed by atoms with Crippen molar-refractivity contribution in [3.63, 3.8) is 0 Å². The first-order chi connectivity index (χ1) is 9.28. The van der Waals surface area contributed by atoms with E-state index in [1.54, 1.807) is 11.8 Å². The lowest BCUT2D eigenvalue weighted by molar-refractivity contribution is 0.921. The quantitative estimate of drug-likeness (QED) is 0.799. The second kappa shape index (κ2) is 5.32. The Morgan fingerprint density at radius 3 is 2.89 bits per heavy atom. The SMILES string of the molecule is NCc1ccc(Sc2nnc3ccccn23)cc1Br. The Bertz CT molecular complexity index is 725. The van der Waals surface area contributed by atoms with E-state index in [1.165, 1.54) is 0 Å². The van der Waals surface area contributed by atoms with Crippen LogP contribution in [-0.2, 0) is 6.54 Å². The van der Waals surface area contributed by atoms with Gasteiger partial charge >= 0.3 is 0 Å². The van der Waals surface area contributed by atoms with Crippen LogP contribution in [0.15, 0.2) is 57.1 Å². The molecule has 19 heavy (non-hydrogen) atoms. The Hall–Kier alpha value is -1.37. The molecule has 0 aliphatic rings. The van der Waals surface area contributed by atoms with Gasteiger partial charge in [0.25, 0.3) is 0 Å². The summed E-state index contributed by atoms with van der Waals surface area (Å²) in [5, 5.41) is 9.18. The van der Waals surface area contributed by atoms with Gasteiger partial charge in [0.15, 0.2) is 10.8 Å². The van der Waals surface area contributed by atoms with Crippen molar-refractivity contribution in [1.82, 2.24) is 14.6 Å². The maximum atomic E-state index is 5.65. The van der Waals surface area contributed by atoms with E-state index in [-0.39, 0.29) is 0 Å². The van der Waals surface area contributed by atoms with E-state index < -0.39 is 0 Å². The van der Waals surface area contributed by atoms with Gasteiger partial charge < -0.3 is 5.73 Å². The smallest absolute Gasteiger partial charge is 0.200 e. The third-order valence-electron chi connectivity index (χ3n) is 2.74. The molecule has 0 amide bonds. The molecule has 0 unspecified atom stereocenters. The van der Waals surface area contributed by atoms with Crippen LogP contribution in [0.1, 0.15) is 5.56 Å². The topological polar surface area (TPSA) is 56.2 Å². The molecule has 3 aromatic rings. The second-order valence-electron chi connectivity index (χ2n) is 3.97. The highest BCUT2D eigenvalue weighted by molar-refractivity contribution is 9.10. The molecule has 3 rings (SSSR count). The van der Waals surface area contributed by atoms with Gasteiger partial charge in [-0.25, -0.2) is 0 Å². The van der Waals surface area contributed by atoms with Gasteiger partial charge in [0.1, 0.15) is 0 Å². The third-order valence-corrected chi connectivity index (χ3v) is 4.42. The van der Waals surface area contributed by atoms with Gasteiger partial charge in [0.2, 0.25) is 0 Å². The van der Waals surface area contributed by atoms with Crippen LogP contribution in [0.5, 0.6) is 0 Å². The van der Waals surface area contributed by atoms with Crippen molar-refractivity contribution in [2.45, 2.75) is 16.6 Å². The highest BCUT2D eigenvalue weighted by Crippen LogP contribution is 2.30. The van der Waals surface area contributed by atoms with Crippen molar-refractivity contribution in [3.8, 4) is 0 Å². The second-order valence-corrected chi connectivity index (χ2v) is 5.87. The maximum absolute atomic E-state index is 5.65. The molecular formula is C13H11BrN4S. The van der Waals surface area contributed by atoms with E-state index in [1.807, 2.05) is 40.9 Å². The van der Waals surface area contributed by atoms with E-state index in [0.29, 0.717) is 6.54 Å². The van der Waals surface area contributed by atoms with Gasteiger partial charge in [-0.1, -0.05) is 28.1 Å². The molecule has 0 saturated carbocycles. The predicted molar refractivity (Wildman–Crippen MR) is 79.1 cm³/mol. The summed E-state index contributed by atoms with van der Waals surface area (Å²) in [6.45, 7) is 0.527. The molecule has 0 aliphatic heterocycles. The molecule has 0 saturated heterocycles. The van der Waals surface area contributed by atoms with Crippen LogP contribution in [0.3, 0.4) is 0 Å². The first kappa shape index (κ1) is 12.7. The van der Waals surface area contributed by atoms with Crippen molar-refractivity contribution in [3.05, 3.63) is 52.6 Å². The number of fused-ring (bicyclic) bond motifs is 1. The van der Waals surface area contributed by atoms with Gasteiger partial charge in [-0.05, 0) is 41.6 Å².